The van der Waals surface area contributed by atoms with Crippen LogP contribution in [0.25, 0.3) is 11.3 Å². The average Bonchev–Trinajstić information content (AvgIpc) is 3.03. The van der Waals surface area contributed by atoms with Gasteiger partial charge in [-0.05, 0) is 26.3 Å². The molecule has 0 saturated heterocycles. The Morgan fingerprint density at radius 3 is 2.95 bits per heavy atom. The first-order chi connectivity index (χ1) is 9.47. The first kappa shape index (κ1) is 14.7. The second kappa shape index (κ2) is 6.19. The van der Waals surface area contributed by atoms with Gasteiger partial charge in [-0.3, -0.25) is 4.79 Å². The Balaban J connectivity index is 2.06. The van der Waals surface area contributed by atoms with Gasteiger partial charge < -0.3 is 15.0 Å². The van der Waals surface area contributed by atoms with Crippen LogP contribution < -0.4 is 0 Å². The number of nitrogens with one attached hydrogen (secondary N) is 1. The standard InChI is InChI=1S/C14H19N3O2S/c1-9(18)4-5-17(3)14(19)12-6-11(7-15-12)13-8-20-10(2)16-13/h6-9,15,18H,4-5H2,1-3H3. The van der Waals surface area contributed by atoms with Crippen LogP contribution in [0.3, 0.4) is 0 Å². The quantitative estimate of drug-likeness (QED) is 0.888. The van der Waals surface area contributed by atoms with Gasteiger partial charge in [0.15, 0.2) is 0 Å². The number of aryl methyl sites for hydroxylation is 1. The van der Waals surface area contributed by atoms with Crippen LogP contribution >= 0.6 is 11.3 Å². The molecule has 2 aromatic rings. The van der Waals surface area contributed by atoms with Crippen LogP contribution in [0.1, 0.15) is 28.8 Å². The number of hydrogen-bond acceptors (Lipinski definition) is 4. The van der Waals surface area contributed by atoms with E-state index >= 15 is 0 Å². The minimum absolute atomic E-state index is 0.0798. The summed E-state index contributed by atoms with van der Waals surface area (Å²) in [6.07, 6.45) is 1.97. The molecule has 0 aliphatic heterocycles. The van der Waals surface area contributed by atoms with Crippen LogP contribution in [0.2, 0.25) is 0 Å². The van der Waals surface area contributed by atoms with Crippen molar-refractivity contribution in [2.45, 2.75) is 26.4 Å². The van der Waals surface area contributed by atoms with Crippen LogP contribution in [0.5, 0.6) is 0 Å². The number of nitrogens with zero attached hydrogens (tertiary/aromatic N) is 2. The van der Waals surface area contributed by atoms with Crippen molar-refractivity contribution in [1.82, 2.24) is 14.9 Å². The van der Waals surface area contributed by atoms with Crippen LogP contribution in [-0.4, -0.2) is 45.6 Å². The summed E-state index contributed by atoms with van der Waals surface area (Å²) < 4.78 is 0. The molecule has 1 amide bonds. The van der Waals surface area contributed by atoms with Gasteiger partial charge in [0.2, 0.25) is 0 Å². The maximum atomic E-state index is 12.2. The van der Waals surface area contributed by atoms with Crippen molar-refractivity contribution in [1.29, 1.82) is 0 Å². The maximum Gasteiger partial charge on any atom is 0.270 e. The molecule has 2 heterocycles. The number of aromatic amines is 1. The molecule has 2 N–H and O–H groups in total. The minimum Gasteiger partial charge on any atom is -0.393 e. The predicted molar refractivity (Wildman–Crippen MR) is 79.9 cm³/mol. The summed E-state index contributed by atoms with van der Waals surface area (Å²) >= 11 is 1.59. The summed E-state index contributed by atoms with van der Waals surface area (Å²) in [5.74, 6) is -0.0798. The summed E-state index contributed by atoms with van der Waals surface area (Å²) in [5, 5.41) is 12.2. The van der Waals surface area contributed by atoms with E-state index in [1.807, 2.05) is 18.4 Å². The Labute approximate surface area is 122 Å². The first-order valence-electron chi connectivity index (χ1n) is 6.52. The molecule has 0 fully saturated rings. The summed E-state index contributed by atoms with van der Waals surface area (Å²) in [5.41, 5.74) is 2.34. The normalized spacial score (nSPS) is 12.4. The molecule has 6 heteroatoms. The molecule has 20 heavy (non-hydrogen) atoms. The van der Waals surface area contributed by atoms with Crippen molar-refractivity contribution < 1.29 is 9.90 Å². The number of amides is 1. The monoisotopic (exact) mass is 293 g/mol. The Bertz CT molecular complexity index is 589. The zero-order valence-corrected chi connectivity index (χ0v) is 12.7. The lowest BCUT2D eigenvalue weighted by molar-refractivity contribution is 0.0764. The van der Waals surface area contributed by atoms with Gasteiger partial charge >= 0.3 is 0 Å². The second-order valence-electron chi connectivity index (χ2n) is 4.92. The van der Waals surface area contributed by atoms with Gasteiger partial charge in [0.05, 0.1) is 16.8 Å². The molecule has 108 valence electrons. The van der Waals surface area contributed by atoms with Crippen LogP contribution in [-0.2, 0) is 0 Å². The summed E-state index contributed by atoms with van der Waals surface area (Å²) in [4.78, 5) is 21.2. The molecule has 1 unspecified atom stereocenters. The third kappa shape index (κ3) is 3.46. The SMILES string of the molecule is Cc1nc(-c2c[nH]c(C(=O)N(C)CCC(C)O)c2)cs1. The van der Waals surface area contributed by atoms with E-state index in [0.717, 1.165) is 16.3 Å². The lowest BCUT2D eigenvalue weighted by Gasteiger charge is -2.17. The van der Waals surface area contributed by atoms with Crippen molar-refractivity contribution in [3.63, 3.8) is 0 Å². The van der Waals surface area contributed by atoms with E-state index in [1.54, 1.807) is 36.4 Å². The number of carbonyl (C=O) groups is 1. The molecule has 0 bridgehead atoms. The van der Waals surface area contributed by atoms with Crippen molar-refractivity contribution in [3.05, 3.63) is 28.3 Å². The third-order valence-corrected chi connectivity index (χ3v) is 3.83. The van der Waals surface area contributed by atoms with Crippen molar-refractivity contribution in [2.24, 2.45) is 0 Å². The summed E-state index contributed by atoms with van der Waals surface area (Å²) in [6, 6.07) is 1.82. The fraction of sp³-hybridized carbons (Fsp3) is 0.429. The van der Waals surface area contributed by atoms with Crippen molar-refractivity contribution >= 4 is 17.2 Å². The Hall–Kier alpha value is -1.66. The van der Waals surface area contributed by atoms with E-state index in [-0.39, 0.29) is 5.91 Å². The molecule has 0 saturated carbocycles. The minimum atomic E-state index is -0.401. The molecule has 1 atom stereocenters. The van der Waals surface area contributed by atoms with Crippen molar-refractivity contribution in [2.75, 3.05) is 13.6 Å². The highest BCUT2D eigenvalue weighted by Crippen LogP contribution is 2.22. The highest BCUT2D eigenvalue weighted by molar-refractivity contribution is 7.09. The van der Waals surface area contributed by atoms with Crippen molar-refractivity contribution in [3.8, 4) is 11.3 Å². The van der Waals surface area contributed by atoms with E-state index in [1.165, 1.54) is 0 Å². The Morgan fingerprint density at radius 1 is 1.60 bits per heavy atom. The summed E-state index contributed by atoms with van der Waals surface area (Å²) in [7, 11) is 1.73. The number of hydrogen-bond donors (Lipinski definition) is 2. The number of carbonyl (C=O) groups excluding carboxylic acids is 1. The summed E-state index contributed by atoms with van der Waals surface area (Å²) in [6.45, 7) is 4.20. The zero-order valence-electron chi connectivity index (χ0n) is 11.9. The van der Waals surface area contributed by atoms with Crippen LogP contribution in [0.15, 0.2) is 17.6 Å². The number of H-pyrrole nitrogens is 1. The zero-order chi connectivity index (χ0) is 14.7. The van der Waals surface area contributed by atoms with Gasteiger partial charge in [-0.15, -0.1) is 11.3 Å². The van der Waals surface area contributed by atoms with E-state index < -0.39 is 6.10 Å². The predicted octanol–water partition coefficient (Wildman–Crippen LogP) is 2.29. The number of aliphatic hydroxyl groups is 1. The van der Waals surface area contributed by atoms with Crippen LogP contribution in [0.4, 0.5) is 0 Å². The molecule has 5 nitrogen and oxygen atoms in total. The fourth-order valence-corrected chi connectivity index (χ4v) is 2.47. The molecule has 0 aliphatic rings. The average molecular weight is 293 g/mol. The topological polar surface area (TPSA) is 69.2 Å². The maximum absolute atomic E-state index is 12.2. The first-order valence-corrected chi connectivity index (χ1v) is 7.40. The lowest BCUT2D eigenvalue weighted by atomic mass is 10.2. The van der Waals surface area contributed by atoms with Gasteiger partial charge in [0.25, 0.3) is 5.91 Å². The van der Waals surface area contributed by atoms with Gasteiger partial charge in [-0.2, -0.15) is 0 Å². The smallest absolute Gasteiger partial charge is 0.270 e. The molecule has 0 spiro atoms. The molecular formula is C14H19N3O2S. The van der Waals surface area contributed by atoms with Gasteiger partial charge in [-0.1, -0.05) is 0 Å². The highest BCUT2D eigenvalue weighted by atomic mass is 32.1. The highest BCUT2D eigenvalue weighted by Gasteiger charge is 2.15. The Morgan fingerprint density at radius 2 is 2.35 bits per heavy atom. The molecule has 2 rings (SSSR count). The van der Waals surface area contributed by atoms with Gasteiger partial charge in [-0.25, -0.2) is 4.98 Å². The second-order valence-corrected chi connectivity index (χ2v) is 5.98. The Kier molecular flexibility index (Phi) is 4.57. The van der Waals surface area contributed by atoms with E-state index in [2.05, 4.69) is 9.97 Å². The van der Waals surface area contributed by atoms with E-state index in [0.29, 0.717) is 18.7 Å². The number of aliphatic hydroxyl groups excluding tert-OH is 1. The molecular weight excluding hydrogens is 274 g/mol. The molecule has 0 radical (unpaired) electrons. The lowest BCUT2D eigenvalue weighted by Crippen LogP contribution is -2.29. The largest absolute Gasteiger partial charge is 0.393 e. The fourth-order valence-electron chi connectivity index (χ4n) is 1.85. The number of rotatable bonds is 5. The van der Waals surface area contributed by atoms with E-state index in [9.17, 15) is 9.90 Å². The van der Waals surface area contributed by atoms with Crippen LogP contribution in [0, 0.1) is 6.92 Å². The third-order valence-electron chi connectivity index (χ3n) is 3.06. The van der Waals surface area contributed by atoms with Gasteiger partial charge in [0, 0.05) is 30.7 Å². The molecule has 0 aromatic carbocycles. The van der Waals surface area contributed by atoms with E-state index in [4.69, 9.17) is 0 Å². The number of thiazole rings is 1. The molecule has 0 aliphatic carbocycles. The number of aromatic nitrogens is 2. The molecule has 2 aromatic heterocycles. The van der Waals surface area contributed by atoms with Gasteiger partial charge in [0.1, 0.15) is 5.69 Å².